The summed E-state index contributed by atoms with van der Waals surface area (Å²) in [5.74, 6) is -0.0170. The van der Waals surface area contributed by atoms with Crippen molar-refractivity contribution in [3.63, 3.8) is 0 Å². The summed E-state index contributed by atoms with van der Waals surface area (Å²) in [7, 11) is 1.44. The molecule has 9 heteroatoms. The fourth-order valence-electron chi connectivity index (χ4n) is 1.93. The van der Waals surface area contributed by atoms with Gasteiger partial charge in [0.25, 0.3) is 0 Å². The highest BCUT2D eigenvalue weighted by Crippen LogP contribution is 2.18. The first kappa shape index (κ1) is 14.7. The highest BCUT2D eigenvalue weighted by molar-refractivity contribution is 6.28. The highest BCUT2D eigenvalue weighted by Gasteiger charge is 2.32. The summed E-state index contributed by atoms with van der Waals surface area (Å²) in [5.41, 5.74) is 0. The van der Waals surface area contributed by atoms with E-state index in [0.717, 1.165) is 0 Å². The van der Waals surface area contributed by atoms with Crippen LogP contribution < -0.4 is 15.0 Å². The van der Waals surface area contributed by atoms with E-state index >= 15 is 0 Å². The predicted molar refractivity (Wildman–Crippen MR) is 72.0 cm³/mol. The molecule has 1 N–H and O–H groups in total. The van der Waals surface area contributed by atoms with Crippen LogP contribution in [0, 0.1) is 0 Å². The van der Waals surface area contributed by atoms with Crippen LogP contribution in [-0.2, 0) is 9.53 Å². The van der Waals surface area contributed by atoms with Crippen molar-refractivity contribution in [2.45, 2.75) is 13.0 Å². The lowest BCUT2D eigenvalue weighted by atomic mass is 10.2. The molecule has 0 aromatic carbocycles. The van der Waals surface area contributed by atoms with Crippen molar-refractivity contribution in [2.24, 2.45) is 0 Å². The Kier molecular flexibility index (Phi) is 4.91. The lowest BCUT2D eigenvalue weighted by molar-refractivity contribution is -0.144. The lowest BCUT2D eigenvalue weighted by Crippen LogP contribution is -2.56. The molecule has 0 amide bonds. The number of nitrogens with zero attached hydrogens (tertiary/aromatic N) is 4. The molecule has 2 heterocycles. The number of carbonyl (C=O) groups is 1. The average Bonchev–Trinajstić information content (AvgIpc) is 2.46. The van der Waals surface area contributed by atoms with Gasteiger partial charge in [0.05, 0.1) is 13.7 Å². The van der Waals surface area contributed by atoms with E-state index in [1.54, 1.807) is 11.8 Å². The third kappa shape index (κ3) is 3.26. The van der Waals surface area contributed by atoms with Gasteiger partial charge in [-0.1, -0.05) is 0 Å². The van der Waals surface area contributed by atoms with Gasteiger partial charge in [-0.25, -0.2) is 4.79 Å². The Balaban J connectivity index is 2.27. The molecule has 0 spiro atoms. The van der Waals surface area contributed by atoms with E-state index in [9.17, 15) is 4.79 Å². The second-order valence-corrected chi connectivity index (χ2v) is 4.39. The highest BCUT2D eigenvalue weighted by atomic mass is 35.5. The van der Waals surface area contributed by atoms with Crippen molar-refractivity contribution in [3.8, 4) is 6.01 Å². The summed E-state index contributed by atoms with van der Waals surface area (Å²) in [5, 5.41) is 3.16. The second kappa shape index (κ2) is 6.67. The smallest absolute Gasteiger partial charge is 0.330 e. The van der Waals surface area contributed by atoms with E-state index in [-0.39, 0.29) is 17.3 Å². The molecule has 1 aromatic heterocycles. The number of aromatic nitrogens is 3. The number of methoxy groups -OCH3 is 1. The topological polar surface area (TPSA) is 89.5 Å². The van der Waals surface area contributed by atoms with Gasteiger partial charge in [-0.15, -0.1) is 0 Å². The van der Waals surface area contributed by atoms with E-state index < -0.39 is 6.04 Å². The van der Waals surface area contributed by atoms with Gasteiger partial charge in [-0.3, -0.25) is 0 Å². The molecule has 20 heavy (non-hydrogen) atoms. The molecular formula is C11H16ClN5O3. The van der Waals surface area contributed by atoms with Crippen molar-refractivity contribution in [1.29, 1.82) is 0 Å². The van der Waals surface area contributed by atoms with Gasteiger partial charge in [0, 0.05) is 19.6 Å². The van der Waals surface area contributed by atoms with Crippen LogP contribution in [0.4, 0.5) is 5.95 Å². The zero-order valence-electron chi connectivity index (χ0n) is 11.3. The van der Waals surface area contributed by atoms with E-state index in [1.807, 2.05) is 0 Å². The van der Waals surface area contributed by atoms with Crippen molar-refractivity contribution in [2.75, 3.05) is 38.3 Å². The molecule has 0 bridgehead atoms. The summed E-state index contributed by atoms with van der Waals surface area (Å²) in [6.45, 7) is 3.82. The number of carbonyl (C=O) groups excluding carboxylic acids is 1. The molecule has 1 aliphatic rings. The van der Waals surface area contributed by atoms with Gasteiger partial charge in [0.1, 0.15) is 6.04 Å². The molecule has 0 saturated carbocycles. The number of halogens is 1. The van der Waals surface area contributed by atoms with Gasteiger partial charge in [0.2, 0.25) is 11.2 Å². The van der Waals surface area contributed by atoms with Crippen LogP contribution in [0.5, 0.6) is 6.01 Å². The summed E-state index contributed by atoms with van der Waals surface area (Å²) < 4.78 is 10.0. The summed E-state index contributed by atoms with van der Waals surface area (Å²) >= 11 is 5.84. The summed E-state index contributed by atoms with van der Waals surface area (Å²) in [4.78, 5) is 25.7. The van der Waals surface area contributed by atoms with Gasteiger partial charge < -0.3 is 19.7 Å². The van der Waals surface area contributed by atoms with E-state index in [2.05, 4.69) is 20.3 Å². The third-order valence-corrected chi connectivity index (χ3v) is 2.99. The predicted octanol–water partition coefficient (Wildman–Crippen LogP) is -0.125. The zero-order chi connectivity index (χ0) is 14.5. The van der Waals surface area contributed by atoms with Crippen molar-refractivity contribution in [1.82, 2.24) is 20.3 Å². The average molecular weight is 302 g/mol. The first-order valence-corrected chi connectivity index (χ1v) is 6.63. The standard InChI is InChI=1S/C11H16ClN5O3/c1-3-20-8(18)7-6-13-4-5-17(7)10-14-9(12)15-11(16-10)19-2/h7,13H,3-6H2,1-2H3. The molecule has 2 rings (SSSR count). The Morgan fingerprint density at radius 3 is 3.00 bits per heavy atom. The zero-order valence-corrected chi connectivity index (χ0v) is 12.1. The normalized spacial score (nSPS) is 18.8. The van der Waals surface area contributed by atoms with Crippen LogP contribution in [0.15, 0.2) is 0 Å². The molecular weight excluding hydrogens is 286 g/mol. The molecule has 1 saturated heterocycles. The number of nitrogens with one attached hydrogen (secondary N) is 1. The largest absolute Gasteiger partial charge is 0.467 e. The quantitative estimate of drug-likeness (QED) is 0.770. The number of piperazine rings is 1. The second-order valence-electron chi connectivity index (χ2n) is 4.06. The Hall–Kier alpha value is -1.67. The molecule has 1 aliphatic heterocycles. The Labute approximate surface area is 121 Å². The molecule has 1 fully saturated rings. The summed E-state index contributed by atoms with van der Waals surface area (Å²) in [6.07, 6.45) is 0. The Bertz CT molecular complexity index is 487. The molecule has 0 radical (unpaired) electrons. The fraction of sp³-hybridized carbons (Fsp3) is 0.636. The van der Waals surface area contributed by atoms with Crippen molar-refractivity contribution < 1.29 is 14.3 Å². The number of esters is 1. The molecule has 8 nitrogen and oxygen atoms in total. The van der Waals surface area contributed by atoms with Crippen LogP contribution in [-0.4, -0.2) is 60.3 Å². The minimum atomic E-state index is -0.494. The number of anilines is 1. The van der Waals surface area contributed by atoms with E-state index in [0.29, 0.717) is 32.2 Å². The van der Waals surface area contributed by atoms with Crippen molar-refractivity contribution >= 4 is 23.5 Å². The number of rotatable bonds is 4. The van der Waals surface area contributed by atoms with Crippen LogP contribution >= 0.6 is 11.6 Å². The maximum Gasteiger partial charge on any atom is 0.330 e. The maximum atomic E-state index is 12.0. The third-order valence-electron chi connectivity index (χ3n) is 2.82. The minimum Gasteiger partial charge on any atom is -0.467 e. The first-order chi connectivity index (χ1) is 9.65. The van der Waals surface area contributed by atoms with E-state index in [1.165, 1.54) is 7.11 Å². The molecule has 0 aliphatic carbocycles. The Morgan fingerprint density at radius 1 is 1.50 bits per heavy atom. The number of hydrogen-bond donors (Lipinski definition) is 1. The summed E-state index contributed by atoms with van der Waals surface area (Å²) in [6, 6.07) is -0.381. The van der Waals surface area contributed by atoms with Crippen LogP contribution in [0.1, 0.15) is 6.92 Å². The SMILES string of the molecule is CCOC(=O)C1CNCCN1c1nc(Cl)nc(OC)n1. The van der Waals surface area contributed by atoms with Crippen LogP contribution in [0.3, 0.4) is 0 Å². The monoisotopic (exact) mass is 301 g/mol. The minimum absolute atomic E-state index is 0.0213. The van der Waals surface area contributed by atoms with Crippen molar-refractivity contribution in [3.05, 3.63) is 5.28 Å². The van der Waals surface area contributed by atoms with Gasteiger partial charge in [0.15, 0.2) is 0 Å². The fourth-order valence-corrected chi connectivity index (χ4v) is 2.08. The Morgan fingerprint density at radius 2 is 2.30 bits per heavy atom. The van der Waals surface area contributed by atoms with Crippen LogP contribution in [0.2, 0.25) is 5.28 Å². The van der Waals surface area contributed by atoms with Gasteiger partial charge in [-0.2, -0.15) is 15.0 Å². The first-order valence-electron chi connectivity index (χ1n) is 6.25. The molecule has 110 valence electrons. The molecule has 1 atom stereocenters. The number of hydrogen-bond acceptors (Lipinski definition) is 8. The van der Waals surface area contributed by atoms with Gasteiger partial charge in [-0.05, 0) is 18.5 Å². The van der Waals surface area contributed by atoms with Crippen LogP contribution in [0.25, 0.3) is 0 Å². The van der Waals surface area contributed by atoms with E-state index in [4.69, 9.17) is 21.1 Å². The molecule has 1 unspecified atom stereocenters. The number of ether oxygens (including phenoxy) is 2. The molecule has 1 aromatic rings. The lowest BCUT2D eigenvalue weighted by Gasteiger charge is -2.34. The van der Waals surface area contributed by atoms with Gasteiger partial charge >= 0.3 is 12.0 Å². The maximum absolute atomic E-state index is 12.0.